The van der Waals surface area contributed by atoms with Crippen LogP contribution in [0.4, 0.5) is 32.0 Å². The van der Waals surface area contributed by atoms with E-state index in [9.17, 15) is 26.3 Å². The molecular formula is C16H11F6N. The van der Waals surface area contributed by atoms with Crippen molar-refractivity contribution in [3.05, 3.63) is 65.2 Å². The van der Waals surface area contributed by atoms with Crippen LogP contribution in [0.5, 0.6) is 0 Å². The summed E-state index contributed by atoms with van der Waals surface area (Å²) < 4.78 is 76.2. The number of alkyl halides is 6. The van der Waals surface area contributed by atoms with Gasteiger partial charge in [-0.15, -0.1) is 0 Å². The van der Waals surface area contributed by atoms with Crippen LogP contribution in [0.3, 0.4) is 0 Å². The van der Waals surface area contributed by atoms with E-state index in [4.69, 9.17) is 0 Å². The minimum absolute atomic E-state index is 0.190. The van der Waals surface area contributed by atoms with E-state index in [1.807, 2.05) is 0 Å². The molecule has 0 heterocycles. The molecule has 0 spiro atoms. The van der Waals surface area contributed by atoms with Crippen LogP contribution in [0.15, 0.2) is 53.5 Å². The summed E-state index contributed by atoms with van der Waals surface area (Å²) in [7, 11) is 0. The van der Waals surface area contributed by atoms with E-state index >= 15 is 0 Å². The van der Waals surface area contributed by atoms with Crippen LogP contribution >= 0.6 is 0 Å². The van der Waals surface area contributed by atoms with Crippen molar-refractivity contribution in [2.24, 2.45) is 4.99 Å². The molecule has 0 amide bonds. The Morgan fingerprint density at radius 1 is 0.783 bits per heavy atom. The maximum Gasteiger partial charge on any atom is 0.418 e. The lowest BCUT2D eigenvalue weighted by Gasteiger charge is -2.11. The van der Waals surface area contributed by atoms with Crippen LogP contribution in [0.25, 0.3) is 0 Å². The third-order valence-electron chi connectivity index (χ3n) is 3.13. The molecule has 0 radical (unpaired) electrons. The Hall–Kier alpha value is -2.31. The van der Waals surface area contributed by atoms with Gasteiger partial charge in [-0.05, 0) is 36.8 Å². The lowest BCUT2D eigenvalue weighted by Crippen LogP contribution is -2.06. The van der Waals surface area contributed by atoms with E-state index in [0.717, 1.165) is 18.2 Å². The summed E-state index contributed by atoms with van der Waals surface area (Å²) in [4.78, 5) is 3.90. The van der Waals surface area contributed by atoms with Gasteiger partial charge >= 0.3 is 12.4 Å². The fourth-order valence-corrected chi connectivity index (χ4v) is 1.96. The first-order valence-electron chi connectivity index (χ1n) is 6.48. The van der Waals surface area contributed by atoms with Crippen LogP contribution in [-0.4, -0.2) is 5.71 Å². The summed E-state index contributed by atoms with van der Waals surface area (Å²) in [6.45, 7) is 1.44. The van der Waals surface area contributed by atoms with Crippen LogP contribution in [0.1, 0.15) is 23.6 Å². The minimum atomic E-state index is -4.56. The Labute approximate surface area is 128 Å². The van der Waals surface area contributed by atoms with Gasteiger partial charge in [-0.25, -0.2) is 0 Å². The number of halogens is 6. The molecule has 0 aliphatic rings. The van der Waals surface area contributed by atoms with Gasteiger partial charge in [0.1, 0.15) is 0 Å². The van der Waals surface area contributed by atoms with Gasteiger partial charge in [0.05, 0.1) is 16.8 Å². The highest BCUT2D eigenvalue weighted by molar-refractivity contribution is 6.00. The molecule has 0 fully saturated rings. The average molecular weight is 331 g/mol. The minimum Gasteiger partial charge on any atom is -0.253 e. The van der Waals surface area contributed by atoms with Gasteiger partial charge in [-0.2, -0.15) is 26.3 Å². The van der Waals surface area contributed by atoms with Crippen LogP contribution < -0.4 is 0 Å². The number of hydrogen-bond acceptors (Lipinski definition) is 1. The van der Waals surface area contributed by atoms with E-state index in [-0.39, 0.29) is 11.4 Å². The molecule has 2 aromatic rings. The molecule has 2 rings (SSSR count). The van der Waals surface area contributed by atoms with Crippen LogP contribution in [-0.2, 0) is 12.4 Å². The highest BCUT2D eigenvalue weighted by Crippen LogP contribution is 2.36. The van der Waals surface area contributed by atoms with Crippen molar-refractivity contribution in [3.8, 4) is 0 Å². The number of hydrogen-bond donors (Lipinski definition) is 0. The molecule has 7 heteroatoms. The van der Waals surface area contributed by atoms with Crippen molar-refractivity contribution in [2.45, 2.75) is 19.3 Å². The summed E-state index contributed by atoms with van der Waals surface area (Å²) in [5.41, 5.74) is -1.50. The molecule has 0 saturated carbocycles. The topological polar surface area (TPSA) is 12.4 Å². The second-order valence-electron chi connectivity index (χ2n) is 4.79. The second-order valence-corrected chi connectivity index (χ2v) is 4.79. The SMILES string of the molecule is CC(=Nc1ccccc1C(F)(F)F)c1ccc(C(F)(F)F)cc1. The van der Waals surface area contributed by atoms with Crippen molar-refractivity contribution in [1.29, 1.82) is 0 Å². The summed E-state index contributed by atoms with van der Waals surface area (Å²) in [6, 6.07) is 8.85. The van der Waals surface area contributed by atoms with Gasteiger partial charge in [-0.3, -0.25) is 4.99 Å². The summed E-state index contributed by atoms with van der Waals surface area (Å²) in [6.07, 6.45) is -9.02. The largest absolute Gasteiger partial charge is 0.418 e. The van der Waals surface area contributed by atoms with Gasteiger partial charge in [0.25, 0.3) is 0 Å². The second kappa shape index (κ2) is 6.06. The number of benzene rings is 2. The molecule has 23 heavy (non-hydrogen) atoms. The molecule has 0 unspecified atom stereocenters. The molecule has 0 N–H and O–H groups in total. The number of para-hydroxylation sites is 1. The number of aliphatic imine (C=N–C) groups is 1. The first-order chi connectivity index (χ1) is 10.6. The zero-order valence-corrected chi connectivity index (χ0v) is 11.8. The molecule has 1 nitrogen and oxygen atoms in total. The Balaban J connectivity index is 2.38. The van der Waals surface area contributed by atoms with Crippen molar-refractivity contribution >= 4 is 11.4 Å². The lowest BCUT2D eigenvalue weighted by molar-refractivity contribution is -0.138. The molecule has 0 bridgehead atoms. The Bertz CT molecular complexity index is 711. The predicted octanol–water partition coefficient (Wildman–Crippen LogP) is 5.86. The zero-order valence-electron chi connectivity index (χ0n) is 11.8. The van der Waals surface area contributed by atoms with E-state index in [0.29, 0.717) is 5.56 Å². The van der Waals surface area contributed by atoms with Crippen molar-refractivity contribution < 1.29 is 26.3 Å². The summed E-state index contributed by atoms with van der Waals surface area (Å²) in [5, 5.41) is 0. The van der Waals surface area contributed by atoms with E-state index in [2.05, 4.69) is 4.99 Å². The standard InChI is InChI=1S/C16H11F6N/c1-10(11-6-8-12(9-7-11)15(17,18)19)23-14-5-3-2-4-13(14)16(20,21)22/h2-9H,1H3. The van der Waals surface area contributed by atoms with Crippen LogP contribution in [0.2, 0.25) is 0 Å². The highest BCUT2D eigenvalue weighted by Gasteiger charge is 2.33. The van der Waals surface area contributed by atoms with Crippen molar-refractivity contribution in [3.63, 3.8) is 0 Å². The predicted molar refractivity (Wildman–Crippen MR) is 74.8 cm³/mol. The normalized spacial score (nSPS) is 13.3. The third-order valence-corrected chi connectivity index (χ3v) is 3.13. The quantitative estimate of drug-likeness (QED) is 0.482. The molecule has 0 aliphatic carbocycles. The summed E-state index contributed by atoms with van der Waals surface area (Å²) in [5.74, 6) is 0. The lowest BCUT2D eigenvalue weighted by atomic mass is 10.1. The van der Waals surface area contributed by atoms with Gasteiger partial charge in [0.15, 0.2) is 0 Å². The highest BCUT2D eigenvalue weighted by atomic mass is 19.4. The average Bonchev–Trinajstić information content (AvgIpc) is 2.46. The monoisotopic (exact) mass is 331 g/mol. The first-order valence-corrected chi connectivity index (χ1v) is 6.48. The van der Waals surface area contributed by atoms with E-state index < -0.39 is 23.5 Å². The molecule has 0 saturated heterocycles. The van der Waals surface area contributed by atoms with Gasteiger partial charge < -0.3 is 0 Å². The molecule has 2 aromatic carbocycles. The number of nitrogens with zero attached hydrogens (tertiary/aromatic N) is 1. The zero-order chi connectivity index (χ0) is 17.3. The van der Waals surface area contributed by atoms with E-state index in [1.54, 1.807) is 0 Å². The maximum absolute atomic E-state index is 12.9. The smallest absolute Gasteiger partial charge is 0.253 e. The Morgan fingerprint density at radius 3 is 1.87 bits per heavy atom. The fraction of sp³-hybridized carbons (Fsp3) is 0.188. The number of rotatable bonds is 2. The van der Waals surface area contributed by atoms with E-state index in [1.165, 1.54) is 37.3 Å². The molecule has 0 aliphatic heterocycles. The molecule has 0 aromatic heterocycles. The molecular weight excluding hydrogens is 320 g/mol. The van der Waals surface area contributed by atoms with Gasteiger partial charge in [-0.1, -0.05) is 24.3 Å². The van der Waals surface area contributed by atoms with Crippen molar-refractivity contribution in [1.82, 2.24) is 0 Å². The molecule has 0 atom stereocenters. The van der Waals surface area contributed by atoms with Crippen LogP contribution in [0, 0.1) is 0 Å². The Morgan fingerprint density at radius 2 is 1.35 bits per heavy atom. The summed E-state index contributed by atoms with van der Waals surface area (Å²) >= 11 is 0. The van der Waals surface area contributed by atoms with Gasteiger partial charge in [0, 0.05) is 5.71 Å². The first kappa shape index (κ1) is 17.1. The maximum atomic E-state index is 12.9. The molecule has 122 valence electrons. The Kier molecular flexibility index (Phi) is 4.49. The fourth-order valence-electron chi connectivity index (χ4n) is 1.96. The van der Waals surface area contributed by atoms with Gasteiger partial charge in [0.2, 0.25) is 0 Å². The van der Waals surface area contributed by atoms with Crippen molar-refractivity contribution in [2.75, 3.05) is 0 Å². The third kappa shape index (κ3) is 4.12.